The van der Waals surface area contributed by atoms with Crippen LogP contribution in [0.4, 0.5) is 16.2 Å². The molecule has 1 atom stereocenters. The van der Waals surface area contributed by atoms with E-state index in [2.05, 4.69) is 10.6 Å². The molecule has 21 heavy (non-hydrogen) atoms. The molecule has 3 amide bonds. The van der Waals surface area contributed by atoms with Crippen LogP contribution in [0.15, 0.2) is 36.0 Å². The zero-order valence-corrected chi connectivity index (χ0v) is 11.1. The van der Waals surface area contributed by atoms with Crippen LogP contribution in [0.5, 0.6) is 0 Å². The summed E-state index contributed by atoms with van der Waals surface area (Å²) < 4.78 is 0. The van der Waals surface area contributed by atoms with Crippen molar-refractivity contribution in [2.24, 2.45) is 0 Å². The third-order valence-electron chi connectivity index (χ3n) is 2.86. The Morgan fingerprint density at radius 2 is 2.10 bits per heavy atom. The smallest absolute Gasteiger partial charge is 0.329 e. The number of carbonyl (C=O) groups is 2. The van der Waals surface area contributed by atoms with Crippen molar-refractivity contribution in [3.8, 4) is 12.1 Å². The number of imide groups is 1. The van der Waals surface area contributed by atoms with E-state index in [1.165, 1.54) is 6.20 Å². The molecule has 1 aliphatic heterocycles. The zero-order valence-electron chi connectivity index (χ0n) is 11.1. The first-order valence-electron chi connectivity index (χ1n) is 6.08. The SMILES string of the molecule is CC1NC(=O)N(c2cccc(NC=C(C#N)C#N)c2)C1=O. The summed E-state index contributed by atoms with van der Waals surface area (Å²) in [6.45, 7) is 1.61. The minimum absolute atomic E-state index is 0.0796. The van der Waals surface area contributed by atoms with Crippen LogP contribution >= 0.6 is 0 Å². The number of amides is 3. The third kappa shape index (κ3) is 2.82. The zero-order chi connectivity index (χ0) is 15.4. The van der Waals surface area contributed by atoms with Gasteiger partial charge in [-0.25, -0.2) is 9.69 Å². The molecule has 1 saturated heterocycles. The van der Waals surface area contributed by atoms with Crippen LogP contribution in [0, 0.1) is 22.7 Å². The van der Waals surface area contributed by atoms with Crippen molar-refractivity contribution in [2.45, 2.75) is 13.0 Å². The Bertz CT molecular complexity index is 695. The molecule has 7 nitrogen and oxygen atoms in total. The molecule has 7 heteroatoms. The fraction of sp³-hybridized carbons (Fsp3) is 0.143. The monoisotopic (exact) mass is 281 g/mol. The Balaban J connectivity index is 2.25. The van der Waals surface area contributed by atoms with Gasteiger partial charge in [0.05, 0.1) is 5.69 Å². The lowest BCUT2D eigenvalue weighted by atomic mass is 10.2. The van der Waals surface area contributed by atoms with Gasteiger partial charge in [0, 0.05) is 11.9 Å². The third-order valence-corrected chi connectivity index (χ3v) is 2.86. The van der Waals surface area contributed by atoms with Gasteiger partial charge in [-0.05, 0) is 25.1 Å². The maximum absolute atomic E-state index is 11.9. The average Bonchev–Trinajstić information content (AvgIpc) is 2.73. The van der Waals surface area contributed by atoms with E-state index in [0.717, 1.165) is 4.90 Å². The van der Waals surface area contributed by atoms with Crippen LogP contribution in [0.25, 0.3) is 0 Å². The summed E-state index contributed by atoms with van der Waals surface area (Å²) in [5.41, 5.74) is 0.885. The summed E-state index contributed by atoms with van der Waals surface area (Å²) in [6, 6.07) is 8.96. The highest BCUT2D eigenvalue weighted by atomic mass is 16.2. The number of anilines is 2. The lowest BCUT2D eigenvalue weighted by Gasteiger charge is -2.13. The summed E-state index contributed by atoms with van der Waals surface area (Å²) in [6.07, 6.45) is 1.26. The summed E-state index contributed by atoms with van der Waals surface area (Å²) in [5, 5.41) is 22.6. The van der Waals surface area contributed by atoms with Gasteiger partial charge < -0.3 is 10.6 Å². The number of nitrogens with zero attached hydrogens (tertiary/aromatic N) is 3. The molecule has 0 radical (unpaired) electrons. The van der Waals surface area contributed by atoms with Crippen molar-refractivity contribution in [2.75, 3.05) is 10.2 Å². The van der Waals surface area contributed by atoms with Gasteiger partial charge in [0.25, 0.3) is 5.91 Å². The van der Waals surface area contributed by atoms with Crippen molar-refractivity contribution in [1.29, 1.82) is 10.5 Å². The largest absolute Gasteiger partial charge is 0.360 e. The van der Waals surface area contributed by atoms with Crippen LogP contribution in [0.3, 0.4) is 0 Å². The number of benzene rings is 1. The van der Waals surface area contributed by atoms with Gasteiger partial charge in [0.1, 0.15) is 23.8 Å². The minimum Gasteiger partial charge on any atom is -0.360 e. The lowest BCUT2D eigenvalue weighted by Crippen LogP contribution is -2.30. The maximum Gasteiger partial charge on any atom is 0.329 e. The van der Waals surface area contributed by atoms with E-state index in [0.29, 0.717) is 11.4 Å². The van der Waals surface area contributed by atoms with E-state index in [1.807, 2.05) is 0 Å². The van der Waals surface area contributed by atoms with Crippen LogP contribution in [0.2, 0.25) is 0 Å². The highest BCUT2D eigenvalue weighted by Gasteiger charge is 2.36. The molecule has 0 aliphatic carbocycles. The Morgan fingerprint density at radius 1 is 1.38 bits per heavy atom. The minimum atomic E-state index is -0.558. The Kier molecular flexibility index (Phi) is 3.87. The first-order chi connectivity index (χ1) is 10.1. The van der Waals surface area contributed by atoms with Gasteiger partial charge in [-0.15, -0.1) is 0 Å². The summed E-state index contributed by atoms with van der Waals surface area (Å²) in [7, 11) is 0. The Labute approximate surface area is 121 Å². The quantitative estimate of drug-likeness (QED) is 0.644. The number of rotatable bonds is 3. The molecule has 1 unspecified atom stereocenters. The van der Waals surface area contributed by atoms with E-state index >= 15 is 0 Å². The van der Waals surface area contributed by atoms with Gasteiger partial charge in [-0.1, -0.05) is 6.07 Å². The van der Waals surface area contributed by atoms with Crippen molar-refractivity contribution >= 4 is 23.3 Å². The number of carbonyl (C=O) groups excluding carboxylic acids is 2. The molecular weight excluding hydrogens is 270 g/mol. The molecular formula is C14H11N5O2. The first kappa shape index (κ1) is 14.1. The normalized spacial score (nSPS) is 16.7. The van der Waals surface area contributed by atoms with Crippen LogP contribution < -0.4 is 15.5 Å². The molecule has 1 fully saturated rings. The second kappa shape index (κ2) is 5.76. The molecule has 0 spiro atoms. The average molecular weight is 281 g/mol. The predicted molar refractivity (Wildman–Crippen MR) is 74.9 cm³/mol. The highest BCUT2D eigenvalue weighted by molar-refractivity contribution is 6.21. The van der Waals surface area contributed by atoms with E-state index in [-0.39, 0.29) is 11.5 Å². The van der Waals surface area contributed by atoms with Crippen molar-refractivity contribution in [1.82, 2.24) is 5.32 Å². The van der Waals surface area contributed by atoms with Gasteiger partial charge in [0.15, 0.2) is 0 Å². The van der Waals surface area contributed by atoms with E-state index < -0.39 is 12.1 Å². The van der Waals surface area contributed by atoms with E-state index in [9.17, 15) is 9.59 Å². The maximum atomic E-state index is 11.9. The Morgan fingerprint density at radius 3 is 2.67 bits per heavy atom. The molecule has 1 aromatic carbocycles. The predicted octanol–water partition coefficient (Wildman–Crippen LogP) is 1.47. The standard InChI is InChI=1S/C14H11N5O2/c1-9-13(20)19(14(21)18-9)12-4-2-3-11(5-12)17-8-10(6-15)7-16/h2-5,8-9,17H,1H3,(H,18,21). The van der Waals surface area contributed by atoms with Gasteiger partial charge in [0.2, 0.25) is 0 Å². The molecule has 2 N–H and O–H groups in total. The number of allylic oxidation sites excluding steroid dienone is 1. The molecule has 2 rings (SSSR count). The number of hydrogen-bond donors (Lipinski definition) is 2. The van der Waals surface area contributed by atoms with Gasteiger partial charge >= 0.3 is 6.03 Å². The van der Waals surface area contributed by atoms with Gasteiger partial charge in [-0.2, -0.15) is 10.5 Å². The second-order valence-electron chi connectivity index (χ2n) is 4.32. The second-order valence-corrected chi connectivity index (χ2v) is 4.32. The summed E-state index contributed by atoms with van der Waals surface area (Å²) in [5.74, 6) is -0.331. The first-order valence-corrected chi connectivity index (χ1v) is 6.08. The van der Waals surface area contributed by atoms with E-state index in [1.54, 1.807) is 43.3 Å². The summed E-state index contributed by atoms with van der Waals surface area (Å²) >= 11 is 0. The fourth-order valence-electron chi connectivity index (χ4n) is 1.83. The van der Waals surface area contributed by atoms with Crippen molar-refractivity contribution in [3.05, 3.63) is 36.0 Å². The molecule has 1 heterocycles. The molecule has 0 saturated carbocycles. The molecule has 1 aromatic rings. The highest BCUT2D eigenvalue weighted by Crippen LogP contribution is 2.23. The number of nitriles is 2. The fourth-order valence-corrected chi connectivity index (χ4v) is 1.83. The Hall–Kier alpha value is -3.32. The van der Waals surface area contributed by atoms with Crippen molar-refractivity contribution < 1.29 is 9.59 Å². The van der Waals surface area contributed by atoms with Crippen LogP contribution in [0.1, 0.15) is 6.92 Å². The summed E-state index contributed by atoms with van der Waals surface area (Å²) in [4.78, 5) is 24.7. The molecule has 104 valence electrons. The van der Waals surface area contributed by atoms with Crippen LogP contribution in [-0.4, -0.2) is 18.0 Å². The van der Waals surface area contributed by atoms with E-state index in [4.69, 9.17) is 10.5 Å². The van der Waals surface area contributed by atoms with Crippen molar-refractivity contribution in [3.63, 3.8) is 0 Å². The molecule has 0 aromatic heterocycles. The molecule has 1 aliphatic rings. The topological polar surface area (TPSA) is 109 Å². The van der Waals surface area contributed by atoms with Gasteiger partial charge in [-0.3, -0.25) is 4.79 Å². The lowest BCUT2D eigenvalue weighted by molar-refractivity contribution is -0.117. The van der Waals surface area contributed by atoms with Crippen LogP contribution in [-0.2, 0) is 4.79 Å². The molecule has 0 bridgehead atoms. The number of nitrogens with one attached hydrogen (secondary N) is 2. The number of urea groups is 1. The number of hydrogen-bond acceptors (Lipinski definition) is 5.